The molecule has 0 bridgehead atoms. The number of nitrogens with zero attached hydrogens (tertiary/aromatic N) is 1. The first-order valence-corrected chi connectivity index (χ1v) is 7.49. The molecule has 0 saturated carbocycles. The second-order valence-electron chi connectivity index (χ2n) is 6.05. The highest BCUT2D eigenvalue weighted by Gasteiger charge is 2.42. The van der Waals surface area contributed by atoms with Crippen LogP contribution in [0.4, 0.5) is 0 Å². The van der Waals surface area contributed by atoms with Gasteiger partial charge in [0.15, 0.2) is 5.96 Å². The number of carbonyl (C=O) groups excluding carboxylic acids is 1. The molecule has 0 spiro atoms. The molecule has 1 aliphatic heterocycles. The molecule has 0 radical (unpaired) electrons. The Bertz CT molecular complexity index is 446. The van der Waals surface area contributed by atoms with Crippen LogP contribution in [0.25, 0.3) is 0 Å². The van der Waals surface area contributed by atoms with E-state index < -0.39 is 0 Å². The number of carbonyl (C=O) groups is 1. The van der Waals surface area contributed by atoms with Crippen LogP contribution in [0.1, 0.15) is 46.0 Å². The summed E-state index contributed by atoms with van der Waals surface area (Å²) in [5, 5.41) is 11.4. The summed E-state index contributed by atoms with van der Waals surface area (Å²) in [5.41, 5.74) is 0.919. The largest absolute Gasteiger partial charge is 0.346 e. The molecule has 1 heterocycles. The van der Waals surface area contributed by atoms with Crippen LogP contribution in [0.2, 0.25) is 0 Å². The van der Waals surface area contributed by atoms with E-state index in [-0.39, 0.29) is 17.4 Å². The molecule has 0 aromatic rings. The molecular weight excluding hydrogens is 250 g/mol. The fraction of sp³-hybridized carbons (Fsp3) is 0.625. The second-order valence-corrected chi connectivity index (χ2v) is 6.05. The van der Waals surface area contributed by atoms with E-state index in [4.69, 9.17) is 5.41 Å². The van der Waals surface area contributed by atoms with Crippen molar-refractivity contribution in [3.05, 3.63) is 23.8 Å². The molecule has 20 heavy (non-hydrogen) atoms. The standard InChI is InChI=1S/C16H25N3O/c1-4-5-9-16(13-8-6-7-12(2)10-13)11-14(20)19(3)15(17)18-16/h6-8,12H,4-5,9-11H2,1-3H3,(H2,17,18). The molecule has 110 valence electrons. The van der Waals surface area contributed by atoms with E-state index in [9.17, 15) is 4.79 Å². The van der Waals surface area contributed by atoms with Gasteiger partial charge in [0.05, 0.1) is 12.0 Å². The van der Waals surface area contributed by atoms with Crippen molar-refractivity contribution >= 4 is 11.9 Å². The fourth-order valence-corrected chi connectivity index (χ4v) is 3.04. The van der Waals surface area contributed by atoms with Crippen molar-refractivity contribution < 1.29 is 4.79 Å². The van der Waals surface area contributed by atoms with Crippen LogP contribution in [0, 0.1) is 11.3 Å². The van der Waals surface area contributed by atoms with Crippen LogP contribution in [0.3, 0.4) is 0 Å². The minimum Gasteiger partial charge on any atom is -0.346 e. The number of amides is 1. The average molecular weight is 275 g/mol. The third-order valence-electron chi connectivity index (χ3n) is 4.37. The lowest BCUT2D eigenvalue weighted by Crippen LogP contribution is -2.62. The molecule has 0 aromatic heterocycles. The molecule has 2 N–H and O–H groups in total. The van der Waals surface area contributed by atoms with Crippen LogP contribution in [0.5, 0.6) is 0 Å². The molecule has 4 nitrogen and oxygen atoms in total. The smallest absolute Gasteiger partial charge is 0.231 e. The van der Waals surface area contributed by atoms with Gasteiger partial charge >= 0.3 is 0 Å². The Hall–Kier alpha value is -1.58. The average Bonchev–Trinajstić information content (AvgIpc) is 2.42. The van der Waals surface area contributed by atoms with Gasteiger partial charge in [-0.3, -0.25) is 15.1 Å². The Morgan fingerprint density at radius 2 is 2.30 bits per heavy atom. The van der Waals surface area contributed by atoms with Crippen molar-refractivity contribution in [1.82, 2.24) is 10.2 Å². The Morgan fingerprint density at radius 1 is 1.55 bits per heavy atom. The molecule has 1 fully saturated rings. The van der Waals surface area contributed by atoms with Gasteiger partial charge in [0.1, 0.15) is 0 Å². The molecule has 0 aromatic carbocycles. The summed E-state index contributed by atoms with van der Waals surface area (Å²) in [6, 6.07) is 0. The molecule has 2 unspecified atom stereocenters. The first-order chi connectivity index (χ1) is 9.48. The van der Waals surface area contributed by atoms with E-state index in [0.717, 1.165) is 25.7 Å². The van der Waals surface area contributed by atoms with Crippen LogP contribution < -0.4 is 5.32 Å². The molecule has 2 rings (SSSR count). The van der Waals surface area contributed by atoms with Gasteiger partial charge in [-0.05, 0) is 24.3 Å². The van der Waals surface area contributed by atoms with Crippen molar-refractivity contribution in [2.75, 3.05) is 7.05 Å². The molecule has 2 atom stereocenters. The summed E-state index contributed by atoms with van der Waals surface area (Å²) in [6.07, 6.45) is 10.9. The van der Waals surface area contributed by atoms with Gasteiger partial charge in [-0.15, -0.1) is 0 Å². The Balaban J connectivity index is 2.31. The minimum atomic E-state index is -0.351. The lowest BCUT2D eigenvalue weighted by Gasteiger charge is -2.44. The van der Waals surface area contributed by atoms with Gasteiger partial charge < -0.3 is 5.32 Å². The van der Waals surface area contributed by atoms with Crippen molar-refractivity contribution in [3.8, 4) is 0 Å². The summed E-state index contributed by atoms with van der Waals surface area (Å²) in [7, 11) is 1.67. The molecule has 1 saturated heterocycles. The summed E-state index contributed by atoms with van der Waals surface area (Å²) in [5.74, 6) is 0.757. The predicted octanol–water partition coefficient (Wildman–Crippen LogP) is 2.82. The second kappa shape index (κ2) is 5.81. The first kappa shape index (κ1) is 14.8. The summed E-state index contributed by atoms with van der Waals surface area (Å²) in [4.78, 5) is 13.6. The van der Waals surface area contributed by atoms with Gasteiger partial charge in [0, 0.05) is 7.05 Å². The van der Waals surface area contributed by atoms with E-state index in [2.05, 4.69) is 37.4 Å². The van der Waals surface area contributed by atoms with E-state index in [1.54, 1.807) is 7.05 Å². The summed E-state index contributed by atoms with van der Waals surface area (Å²) < 4.78 is 0. The van der Waals surface area contributed by atoms with Gasteiger partial charge in [0.25, 0.3) is 0 Å². The Labute approximate surface area is 121 Å². The molecule has 4 heteroatoms. The maximum Gasteiger partial charge on any atom is 0.231 e. The predicted molar refractivity (Wildman–Crippen MR) is 81.5 cm³/mol. The Kier molecular flexibility index (Phi) is 4.31. The van der Waals surface area contributed by atoms with E-state index in [1.165, 1.54) is 10.5 Å². The van der Waals surface area contributed by atoms with Gasteiger partial charge in [-0.25, -0.2) is 0 Å². The highest BCUT2D eigenvalue weighted by Crippen LogP contribution is 2.36. The monoisotopic (exact) mass is 275 g/mol. The zero-order valence-electron chi connectivity index (χ0n) is 12.7. The maximum atomic E-state index is 12.2. The quantitative estimate of drug-likeness (QED) is 0.829. The van der Waals surface area contributed by atoms with E-state index in [1.807, 2.05) is 0 Å². The lowest BCUT2D eigenvalue weighted by atomic mass is 9.75. The number of guanidine groups is 1. The van der Waals surface area contributed by atoms with E-state index >= 15 is 0 Å². The van der Waals surface area contributed by atoms with Crippen molar-refractivity contribution in [2.45, 2.75) is 51.5 Å². The van der Waals surface area contributed by atoms with Crippen LogP contribution in [-0.2, 0) is 4.79 Å². The van der Waals surface area contributed by atoms with Crippen molar-refractivity contribution in [3.63, 3.8) is 0 Å². The lowest BCUT2D eigenvalue weighted by molar-refractivity contribution is -0.129. The molecular formula is C16H25N3O. The normalized spacial score (nSPS) is 30.2. The number of nitrogens with one attached hydrogen (secondary N) is 2. The highest BCUT2D eigenvalue weighted by molar-refractivity contribution is 5.99. The Morgan fingerprint density at radius 3 is 2.90 bits per heavy atom. The third kappa shape index (κ3) is 2.79. The topological polar surface area (TPSA) is 56.2 Å². The van der Waals surface area contributed by atoms with Gasteiger partial charge in [-0.1, -0.05) is 44.9 Å². The number of hydrogen-bond acceptors (Lipinski definition) is 2. The zero-order valence-corrected chi connectivity index (χ0v) is 12.7. The SMILES string of the molecule is CCCCC1(C2=CC=CC(C)C2)CC(=O)N(C)C(=N)N1. The van der Waals surface area contributed by atoms with Crippen LogP contribution in [-0.4, -0.2) is 29.4 Å². The van der Waals surface area contributed by atoms with Gasteiger partial charge in [0.2, 0.25) is 5.91 Å². The first-order valence-electron chi connectivity index (χ1n) is 7.49. The molecule has 2 aliphatic rings. The number of rotatable bonds is 4. The van der Waals surface area contributed by atoms with Crippen LogP contribution >= 0.6 is 0 Å². The third-order valence-corrected chi connectivity index (χ3v) is 4.37. The number of hydrogen-bond donors (Lipinski definition) is 2. The summed E-state index contributed by atoms with van der Waals surface area (Å²) >= 11 is 0. The molecule has 1 aliphatic carbocycles. The zero-order chi connectivity index (χ0) is 14.8. The van der Waals surface area contributed by atoms with Gasteiger partial charge in [-0.2, -0.15) is 0 Å². The number of unbranched alkanes of at least 4 members (excludes halogenated alkanes) is 1. The maximum absolute atomic E-state index is 12.2. The van der Waals surface area contributed by atoms with Crippen molar-refractivity contribution in [2.24, 2.45) is 5.92 Å². The fourth-order valence-electron chi connectivity index (χ4n) is 3.04. The highest BCUT2D eigenvalue weighted by atomic mass is 16.2. The minimum absolute atomic E-state index is 0.0351. The number of allylic oxidation sites excluding steroid dienone is 3. The van der Waals surface area contributed by atoms with Crippen molar-refractivity contribution in [1.29, 1.82) is 5.41 Å². The summed E-state index contributed by atoms with van der Waals surface area (Å²) in [6.45, 7) is 4.35. The van der Waals surface area contributed by atoms with E-state index in [0.29, 0.717) is 12.3 Å². The van der Waals surface area contributed by atoms with Crippen LogP contribution in [0.15, 0.2) is 23.8 Å². The molecule has 1 amide bonds.